The van der Waals surface area contributed by atoms with Gasteiger partial charge in [0.05, 0.1) is 6.04 Å². The fourth-order valence-electron chi connectivity index (χ4n) is 3.86. The Balaban J connectivity index is 2.00. The summed E-state index contributed by atoms with van der Waals surface area (Å²) >= 11 is 0. The smallest absolute Gasteiger partial charge is 0.326 e. The van der Waals surface area contributed by atoms with E-state index in [1.165, 1.54) is 6.92 Å². The first-order valence-corrected chi connectivity index (χ1v) is 12.6. The van der Waals surface area contributed by atoms with Crippen LogP contribution in [0.15, 0.2) is 35.5 Å². The van der Waals surface area contributed by atoms with E-state index in [9.17, 15) is 29.1 Å². The largest absolute Gasteiger partial charge is 0.481 e. The van der Waals surface area contributed by atoms with Gasteiger partial charge in [-0.05, 0) is 37.8 Å². The number of aromatic amines is 1. The first-order chi connectivity index (χ1) is 18.9. The molecule has 1 aromatic carbocycles. The third-order valence-corrected chi connectivity index (χ3v) is 6.05. The molecule has 0 aliphatic carbocycles. The number of carbonyl (C=O) groups is 5. The predicted octanol–water partition coefficient (Wildman–Crippen LogP) is -1.48. The first-order valence-electron chi connectivity index (χ1n) is 12.6. The Morgan fingerprint density at radius 1 is 0.950 bits per heavy atom. The molecule has 0 fully saturated rings. The lowest BCUT2D eigenvalue weighted by Crippen LogP contribution is -2.56. The van der Waals surface area contributed by atoms with Gasteiger partial charge < -0.3 is 48.3 Å². The third kappa shape index (κ3) is 9.90. The average Bonchev–Trinajstić information content (AvgIpc) is 3.30. The van der Waals surface area contributed by atoms with Gasteiger partial charge in [-0.2, -0.15) is 0 Å². The molecule has 1 aromatic heterocycles. The highest BCUT2D eigenvalue weighted by Gasteiger charge is 2.29. The number of hydrogen-bond donors (Lipinski definition) is 9. The molecule has 1 heterocycles. The van der Waals surface area contributed by atoms with Crippen molar-refractivity contribution in [1.29, 1.82) is 0 Å². The number of carbonyl (C=O) groups excluding carboxylic acids is 3. The van der Waals surface area contributed by atoms with Crippen molar-refractivity contribution in [3.63, 3.8) is 0 Å². The Kier molecular flexibility index (Phi) is 11.9. The van der Waals surface area contributed by atoms with Gasteiger partial charge in [-0.15, -0.1) is 0 Å². The predicted molar refractivity (Wildman–Crippen MR) is 146 cm³/mol. The number of H-pyrrole nitrogens is 1. The summed E-state index contributed by atoms with van der Waals surface area (Å²) in [4.78, 5) is 68.0. The highest BCUT2D eigenvalue weighted by atomic mass is 16.4. The Bertz CT molecular complexity index is 1240. The zero-order valence-electron chi connectivity index (χ0n) is 22.1. The lowest BCUT2D eigenvalue weighted by Gasteiger charge is -2.23. The topological polar surface area (TPSA) is 268 Å². The molecule has 4 unspecified atom stereocenters. The van der Waals surface area contributed by atoms with Crippen LogP contribution in [0, 0.1) is 0 Å². The van der Waals surface area contributed by atoms with E-state index in [0.29, 0.717) is 12.0 Å². The molecule has 40 heavy (non-hydrogen) atoms. The number of nitrogens with zero attached hydrogens (tertiary/aromatic N) is 1. The standard InChI is InChI=1S/C25H36N8O7/c1-13(21(36)33-19(24(39)40)11-14-12-30-17-7-3-2-5-15(14)17)31-23(38)18(8-9-20(34)35)32-22(37)16(26)6-4-10-29-25(27)28/h2-3,5,7,12-13,16,18-19,30H,4,6,8-11,26H2,1H3,(H,31,38)(H,32,37)(H,33,36)(H,34,35)(H,39,40)(H4,27,28,29). The summed E-state index contributed by atoms with van der Waals surface area (Å²) in [7, 11) is 0. The quantitative estimate of drug-likeness (QED) is 0.0652. The lowest BCUT2D eigenvalue weighted by molar-refractivity contribution is -0.142. The van der Waals surface area contributed by atoms with E-state index in [1.807, 2.05) is 24.3 Å². The van der Waals surface area contributed by atoms with Crippen LogP contribution in [0.25, 0.3) is 10.9 Å². The molecule has 4 atom stereocenters. The summed E-state index contributed by atoms with van der Waals surface area (Å²) in [5, 5.41) is 26.8. The van der Waals surface area contributed by atoms with Crippen LogP contribution in [0.5, 0.6) is 0 Å². The molecule has 218 valence electrons. The molecule has 0 aliphatic heterocycles. The maximum Gasteiger partial charge on any atom is 0.326 e. The summed E-state index contributed by atoms with van der Waals surface area (Å²) < 4.78 is 0. The first kappa shape index (κ1) is 31.6. The number of fused-ring (bicyclic) bond motifs is 1. The van der Waals surface area contributed by atoms with E-state index < -0.39 is 60.2 Å². The van der Waals surface area contributed by atoms with Gasteiger partial charge in [0.25, 0.3) is 0 Å². The van der Waals surface area contributed by atoms with Crippen molar-refractivity contribution >= 4 is 46.5 Å². The van der Waals surface area contributed by atoms with Crippen molar-refractivity contribution in [2.45, 2.75) is 63.2 Å². The summed E-state index contributed by atoms with van der Waals surface area (Å²) in [5.41, 5.74) is 17.9. The van der Waals surface area contributed by atoms with Crippen molar-refractivity contribution in [3.8, 4) is 0 Å². The number of benzene rings is 1. The van der Waals surface area contributed by atoms with Crippen molar-refractivity contribution in [2.24, 2.45) is 22.2 Å². The van der Waals surface area contributed by atoms with Gasteiger partial charge in [-0.25, -0.2) is 4.79 Å². The van der Waals surface area contributed by atoms with Gasteiger partial charge >= 0.3 is 11.9 Å². The molecule has 0 aliphatic rings. The number of hydrogen-bond acceptors (Lipinski definition) is 7. The highest BCUT2D eigenvalue weighted by Crippen LogP contribution is 2.19. The van der Waals surface area contributed by atoms with Crippen LogP contribution in [0.4, 0.5) is 0 Å². The fraction of sp³-hybridized carbons (Fsp3) is 0.440. The van der Waals surface area contributed by atoms with Crippen molar-refractivity contribution in [2.75, 3.05) is 6.54 Å². The summed E-state index contributed by atoms with van der Waals surface area (Å²) in [6, 6.07) is 2.50. The Hall–Kier alpha value is -4.66. The van der Waals surface area contributed by atoms with Gasteiger partial charge in [0, 0.05) is 36.5 Å². The molecule has 0 saturated carbocycles. The van der Waals surface area contributed by atoms with Gasteiger partial charge in [-0.3, -0.25) is 24.2 Å². The minimum absolute atomic E-state index is 0.00980. The number of guanidine groups is 1. The number of aromatic nitrogens is 1. The molecule has 15 heteroatoms. The maximum absolute atomic E-state index is 12.9. The average molecular weight is 561 g/mol. The van der Waals surface area contributed by atoms with Gasteiger partial charge in [-0.1, -0.05) is 18.2 Å². The summed E-state index contributed by atoms with van der Waals surface area (Å²) in [5.74, 6) is -4.86. The monoisotopic (exact) mass is 560 g/mol. The van der Waals surface area contributed by atoms with Crippen LogP contribution in [-0.2, 0) is 30.4 Å². The SMILES string of the molecule is CC(NC(=O)C(CCC(=O)O)NC(=O)C(N)CCCN=C(N)N)C(=O)NC(Cc1c[nH]c2ccccc12)C(=O)O. The zero-order chi connectivity index (χ0) is 29.8. The Morgan fingerprint density at radius 3 is 2.27 bits per heavy atom. The highest BCUT2D eigenvalue weighted by molar-refractivity contribution is 5.94. The Labute approximate surface area is 229 Å². The molecule has 0 bridgehead atoms. The number of amides is 3. The van der Waals surface area contributed by atoms with Crippen LogP contribution < -0.4 is 33.2 Å². The second-order valence-electron chi connectivity index (χ2n) is 9.24. The number of para-hydroxylation sites is 1. The van der Waals surface area contributed by atoms with Crippen LogP contribution in [0.2, 0.25) is 0 Å². The molecule has 0 radical (unpaired) electrons. The minimum atomic E-state index is -1.30. The normalized spacial score (nSPS) is 13.8. The number of aliphatic imine (C=N–C) groups is 1. The van der Waals surface area contributed by atoms with E-state index in [1.54, 1.807) is 6.20 Å². The molecular formula is C25H36N8O7. The maximum atomic E-state index is 12.9. The molecule has 2 rings (SSSR count). The van der Waals surface area contributed by atoms with E-state index in [-0.39, 0.29) is 31.8 Å². The second kappa shape index (κ2) is 15.1. The molecule has 0 saturated heterocycles. The summed E-state index contributed by atoms with van der Waals surface area (Å²) in [6.45, 7) is 1.58. The van der Waals surface area contributed by atoms with E-state index in [4.69, 9.17) is 22.3 Å². The van der Waals surface area contributed by atoms with Crippen LogP contribution >= 0.6 is 0 Å². The molecule has 2 aromatic rings. The molecular weight excluding hydrogens is 524 g/mol. The van der Waals surface area contributed by atoms with E-state index in [2.05, 4.69) is 25.9 Å². The number of carboxylic acid groups (broad SMARTS) is 2. The van der Waals surface area contributed by atoms with Gasteiger partial charge in [0.2, 0.25) is 17.7 Å². The second-order valence-corrected chi connectivity index (χ2v) is 9.24. The minimum Gasteiger partial charge on any atom is -0.481 e. The third-order valence-electron chi connectivity index (χ3n) is 6.05. The number of aliphatic carboxylic acids is 2. The molecule has 15 nitrogen and oxygen atoms in total. The van der Waals surface area contributed by atoms with Crippen molar-refractivity contribution in [3.05, 3.63) is 36.0 Å². The number of nitrogens with one attached hydrogen (secondary N) is 4. The number of rotatable bonds is 16. The van der Waals surface area contributed by atoms with Crippen LogP contribution in [0.3, 0.4) is 0 Å². The van der Waals surface area contributed by atoms with Crippen LogP contribution in [0.1, 0.15) is 38.2 Å². The van der Waals surface area contributed by atoms with E-state index in [0.717, 1.165) is 10.9 Å². The van der Waals surface area contributed by atoms with Gasteiger partial charge in [0.15, 0.2) is 5.96 Å². The molecule has 12 N–H and O–H groups in total. The lowest BCUT2D eigenvalue weighted by atomic mass is 10.0. The van der Waals surface area contributed by atoms with Crippen molar-refractivity contribution < 1.29 is 34.2 Å². The summed E-state index contributed by atoms with van der Waals surface area (Å²) in [6.07, 6.45) is 1.54. The number of carboxylic acids is 2. The molecule has 3 amide bonds. The fourth-order valence-corrected chi connectivity index (χ4v) is 3.86. The van der Waals surface area contributed by atoms with E-state index >= 15 is 0 Å². The Morgan fingerprint density at radius 2 is 1.62 bits per heavy atom. The van der Waals surface area contributed by atoms with Crippen molar-refractivity contribution in [1.82, 2.24) is 20.9 Å². The van der Waals surface area contributed by atoms with Crippen LogP contribution in [-0.4, -0.2) is 81.5 Å². The molecule has 0 spiro atoms. The number of nitrogens with two attached hydrogens (primary N) is 3. The van der Waals surface area contributed by atoms with Gasteiger partial charge in [0.1, 0.15) is 18.1 Å². The zero-order valence-corrected chi connectivity index (χ0v) is 22.1.